The van der Waals surface area contributed by atoms with E-state index in [4.69, 9.17) is 11.6 Å². The molecule has 2 atom stereocenters. The second kappa shape index (κ2) is 7.47. The standard InChI is InChI=1S/C22H26ClN3O2/c1-13(15-6-9-17(23)10-7-15)24-20(27)16-8-11-18-19(12-16)26(21(28)25-18)14(2)22(3,4)5/h6-14H,1-5H3,(H,24,27)(H,25,28)/t13-,14-/m1/s1. The van der Waals surface area contributed by atoms with E-state index in [-0.39, 0.29) is 29.1 Å². The topological polar surface area (TPSA) is 66.9 Å². The van der Waals surface area contributed by atoms with Crippen molar-refractivity contribution in [2.24, 2.45) is 5.41 Å². The van der Waals surface area contributed by atoms with Crippen LogP contribution < -0.4 is 11.0 Å². The molecule has 2 aromatic carbocycles. The first-order chi connectivity index (χ1) is 13.1. The highest BCUT2D eigenvalue weighted by atomic mass is 35.5. The minimum atomic E-state index is -0.187. The van der Waals surface area contributed by atoms with Crippen LogP contribution in [0.2, 0.25) is 5.02 Å². The fraction of sp³-hybridized carbons (Fsp3) is 0.364. The normalized spacial score (nSPS) is 14.1. The van der Waals surface area contributed by atoms with E-state index in [0.29, 0.717) is 10.6 Å². The molecule has 6 heteroatoms. The maximum absolute atomic E-state index is 12.8. The highest BCUT2D eigenvalue weighted by molar-refractivity contribution is 6.30. The second-order valence-corrected chi connectivity index (χ2v) is 8.76. The molecule has 5 nitrogen and oxygen atoms in total. The molecule has 0 aliphatic rings. The van der Waals surface area contributed by atoms with Gasteiger partial charge >= 0.3 is 5.69 Å². The lowest BCUT2D eigenvalue weighted by Gasteiger charge is -2.28. The van der Waals surface area contributed by atoms with Crippen molar-refractivity contribution in [2.75, 3.05) is 0 Å². The molecule has 1 heterocycles. The van der Waals surface area contributed by atoms with E-state index in [1.807, 2.05) is 26.0 Å². The molecule has 1 aromatic heterocycles. The van der Waals surface area contributed by atoms with Crippen LogP contribution in [0.5, 0.6) is 0 Å². The van der Waals surface area contributed by atoms with Gasteiger partial charge in [-0.15, -0.1) is 0 Å². The van der Waals surface area contributed by atoms with E-state index in [9.17, 15) is 9.59 Å². The molecule has 0 aliphatic heterocycles. The number of amides is 1. The fourth-order valence-corrected chi connectivity index (χ4v) is 3.28. The summed E-state index contributed by atoms with van der Waals surface area (Å²) in [5.74, 6) is -0.187. The van der Waals surface area contributed by atoms with Gasteiger partial charge < -0.3 is 10.3 Å². The molecule has 0 radical (unpaired) electrons. The zero-order valence-electron chi connectivity index (χ0n) is 16.8. The molecule has 0 unspecified atom stereocenters. The number of imidazole rings is 1. The van der Waals surface area contributed by atoms with Gasteiger partial charge in [-0.25, -0.2) is 4.79 Å². The minimum absolute atomic E-state index is 0.0277. The Morgan fingerprint density at radius 2 is 1.75 bits per heavy atom. The molecule has 1 amide bonds. The van der Waals surface area contributed by atoms with Crippen LogP contribution in [0.1, 0.15) is 62.6 Å². The van der Waals surface area contributed by atoms with Crippen LogP contribution in [-0.4, -0.2) is 15.5 Å². The third-order valence-electron chi connectivity index (χ3n) is 5.34. The molecule has 0 aliphatic carbocycles. The summed E-state index contributed by atoms with van der Waals surface area (Å²) in [5.41, 5.74) is 2.69. The highest BCUT2D eigenvalue weighted by Gasteiger charge is 2.25. The number of hydrogen-bond donors (Lipinski definition) is 2. The predicted octanol–water partition coefficient (Wildman–Crippen LogP) is 5.08. The molecule has 2 N–H and O–H groups in total. The number of fused-ring (bicyclic) bond motifs is 1. The summed E-state index contributed by atoms with van der Waals surface area (Å²) in [5, 5.41) is 3.66. The lowest BCUT2D eigenvalue weighted by molar-refractivity contribution is 0.0940. The van der Waals surface area contributed by atoms with Gasteiger partial charge in [0.05, 0.1) is 17.1 Å². The summed E-state index contributed by atoms with van der Waals surface area (Å²) in [6.07, 6.45) is 0. The first-order valence-corrected chi connectivity index (χ1v) is 9.76. The first-order valence-electron chi connectivity index (χ1n) is 9.38. The number of nitrogens with one attached hydrogen (secondary N) is 2. The van der Waals surface area contributed by atoms with Crippen molar-refractivity contribution in [3.8, 4) is 0 Å². The average Bonchev–Trinajstić information content (AvgIpc) is 2.95. The van der Waals surface area contributed by atoms with Gasteiger partial charge in [0, 0.05) is 16.6 Å². The smallest absolute Gasteiger partial charge is 0.326 e. The molecule has 0 bridgehead atoms. The molecule has 0 saturated carbocycles. The number of hydrogen-bond acceptors (Lipinski definition) is 2. The van der Waals surface area contributed by atoms with Crippen molar-refractivity contribution >= 4 is 28.5 Å². The number of carbonyl (C=O) groups is 1. The van der Waals surface area contributed by atoms with Gasteiger partial charge in [0.1, 0.15) is 0 Å². The number of aromatic nitrogens is 2. The van der Waals surface area contributed by atoms with E-state index in [2.05, 4.69) is 31.1 Å². The van der Waals surface area contributed by atoms with Crippen LogP contribution in [0.4, 0.5) is 0 Å². The lowest BCUT2D eigenvalue weighted by Crippen LogP contribution is -2.29. The van der Waals surface area contributed by atoms with E-state index in [1.165, 1.54) is 0 Å². The average molecular weight is 400 g/mol. The van der Waals surface area contributed by atoms with Gasteiger partial charge in [-0.2, -0.15) is 0 Å². The zero-order valence-corrected chi connectivity index (χ0v) is 17.6. The van der Waals surface area contributed by atoms with Gasteiger partial charge in [0.2, 0.25) is 0 Å². The first kappa shape index (κ1) is 20.2. The largest absolute Gasteiger partial charge is 0.346 e. The summed E-state index contributed by atoms with van der Waals surface area (Å²) >= 11 is 5.93. The van der Waals surface area contributed by atoms with Crippen LogP contribution in [-0.2, 0) is 0 Å². The Labute approximate surface area is 169 Å². The van der Waals surface area contributed by atoms with Gasteiger partial charge in [-0.3, -0.25) is 9.36 Å². The van der Waals surface area contributed by atoms with Crippen LogP contribution in [0, 0.1) is 5.41 Å². The van der Waals surface area contributed by atoms with Gasteiger partial charge in [0.15, 0.2) is 0 Å². The van der Waals surface area contributed by atoms with Crippen LogP contribution in [0.3, 0.4) is 0 Å². The van der Waals surface area contributed by atoms with Gasteiger partial charge in [-0.1, -0.05) is 44.5 Å². The molecule has 148 valence electrons. The van der Waals surface area contributed by atoms with Crippen molar-refractivity contribution in [1.82, 2.24) is 14.9 Å². The number of halogens is 1. The van der Waals surface area contributed by atoms with Crippen molar-refractivity contribution in [3.05, 3.63) is 69.1 Å². The number of carbonyl (C=O) groups excluding carboxylic acids is 1. The maximum Gasteiger partial charge on any atom is 0.326 e. The van der Waals surface area contributed by atoms with E-state index >= 15 is 0 Å². The molecular formula is C22H26ClN3O2. The molecular weight excluding hydrogens is 374 g/mol. The Morgan fingerprint density at radius 1 is 1.11 bits per heavy atom. The number of benzene rings is 2. The minimum Gasteiger partial charge on any atom is -0.346 e. The Morgan fingerprint density at radius 3 is 2.36 bits per heavy atom. The Balaban J connectivity index is 1.92. The van der Waals surface area contributed by atoms with Crippen molar-refractivity contribution in [3.63, 3.8) is 0 Å². The summed E-state index contributed by atoms with van der Waals surface area (Å²) in [6, 6.07) is 12.5. The molecule has 3 rings (SSSR count). The van der Waals surface area contributed by atoms with Crippen molar-refractivity contribution in [2.45, 2.75) is 46.7 Å². The predicted molar refractivity (Wildman–Crippen MR) is 114 cm³/mol. The third-order valence-corrected chi connectivity index (χ3v) is 5.59. The zero-order chi connectivity index (χ0) is 20.6. The Kier molecular flexibility index (Phi) is 5.39. The number of nitrogens with zero attached hydrogens (tertiary/aromatic N) is 1. The second-order valence-electron chi connectivity index (χ2n) is 8.32. The maximum atomic E-state index is 12.8. The van der Waals surface area contributed by atoms with Crippen LogP contribution in [0.15, 0.2) is 47.3 Å². The molecule has 3 aromatic rings. The quantitative estimate of drug-likeness (QED) is 0.642. The van der Waals surface area contributed by atoms with Gasteiger partial charge in [0.25, 0.3) is 5.91 Å². The summed E-state index contributed by atoms with van der Waals surface area (Å²) < 4.78 is 1.73. The summed E-state index contributed by atoms with van der Waals surface area (Å²) in [4.78, 5) is 28.2. The van der Waals surface area contributed by atoms with Gasteiger partial charge in [-0.05, 0) is 55.2 Å². The van der Waals surface area contributed by atoms with Crippen molar-refractivity contribution < 1.29 is 4.79 Å². The van der Waals surface area contributed by atoms with Crippen LogP contribution in [0.25, 0.3) is 11.0 Å². The highest BCUT2D eigenvalue weighted by Crippen LogP contribution is 2.31. The third kappa shape index (κ3) is 3.99. The Hall–Kier alpha value is -2.53. The fourth-order valence-electron chi connectivity index (χ4n) is 3.15. The SMILES string of the molecule is C[C@@H](NC(=O)c1ccc2[nH]c(=O)n([C@H](C)C(C)(C)C)c2c1)c1ccc(Cl)cc1. The molecule has 0 saturated heterocycles. The summed E-state index contributed by atoms with van der Waals surface area (Å²) in [6.45, 7) is 10.2. The summed E-state index contributed by atoms with van der Waals surface area (Å²) in [7, 11) is 0. The number of rotatable bonds is 4. The van der Waals surface area contributed by atoms with E-state index in [1.54, 1.807) is 34.9 Å². The van der Waals surface area contributed by atoms with E-state index < -0.39 is 0 Å². The Bertz CT molecular complexity index is 1060. The monoisotopic (exact) mass is 399 g/mol. The van der Waals surface area contributed by atoms with Crippen molar-refractivity contribution in [1.29, 1.82) is 0 Å². The molecule has 0 fully saturated rings. The molecule has 28 heavy (non-hydrogen) atoms. The van der Waals surface area contributed by atoms with E-state index in [0.717, 1.165) is 16.6 Å². The lowest BCUT2D eigenvalue weighted by atomic mass is 9.88. The number of aromatic amines is 1. The van der Waals surface area contributed by atoms with Crippen LogP contribution >= 0.6 is 11.6 Å². The number of H-pyrrole nitrogens is 1. The molecule has 0 spiro atoms.